The van der Waals surface area contributed by atoms with Crippen LogP contribution in [-0.2, 0) is 26.1 Å². The number of anilines is 2. The minimum atomic E-state index is -0.923. The summed E-state index contributed by atoms with van der Waals surface area (Å²) in [7, 11) is 4.86. The predicted octanol–water partition coefficient (Wildman–Crippen LogP) is 4.22. The smallest absolute Gasteiger partial charge is 0.435 e. The molecule has 1 saturated carbocycles. The van der Waals surface area contributed by atoms with Gasteiger partial charge in [0.2, 0.25) is 0 Å². The lowest BCUT2D eigenvalue weighted by Crippen LogP contribution is -2.44. The van der Waals surface area contributed by atoms with Gasteiger partial charge in [-0.1, -0.05) is 0 Å². The number of ether oxygens (including phenoxy) is 3. The van der Waals surface area contributed by atoms with Crippen LogP contribution in [0.5, 0.6) is 0 Å². The monoisotopic (exact) mass is 498 g/mol. The van der Waals surface area contributed by atoms with Gasteiger partial charge in [0, 0.05) is 38.0 Å². The predicted molar refractivity (Wildman–Crippen MR) is 133 cm³/mol. The van der Waals surface area contributed by atoms with Crippen LogP contribution in [0.25, 0.3) is 11.0 Å². The highest BCUT2D eigenvalue weighted by Crippen LogP contribution is 2.40. The van der Waals surface area contributed by atoms with Crippen molar-refractivity contribution in [3.63, 3.8) is 0 Å². The lowest BCUT2D eigenvalue weighted by atomic mass is 9.78. The number of methoxy groups -OCH3 is 2. The van der Waals surface area contributed by atoms with E-state index in [1.54, 1.807) is 20.1 Å². The molecule has 3 heterocycles. The Balaban J connectivity index is 1.62. The third-order valence-corrected chi connectivity index (χ3v) is 6.55. The van der Waals surface area contributed by atoms with Crippen LogP contribution in [0.3, 0.4) is 0 Å². The molecule has 36 heavy (non-hydrogen) atoms. The zero-order valence-corrected chi connectivity index (χ0v) is 21.9. The van der Waals surface area contributed by atoms with Crippen molar-refractivity contribution < 1.29 is 23.8 Å². The first-order valence-electron chi connectivity index (χ1n) is 12.0. The molecule has 0 saturated heterocycles. The summed E-state index contributed by atoms with van der Waals surface area (Å²) in [6.45, 7) is 7.22. The molecule has 4 rings (SSSR count). The fourth-order valence-electron chi connectivity index (χ4n) is 4.60. The lowest BCUT2D eigenvalue weighted by Gasteiger charge is -2.36. The molecule has 0 unspecified atom stereocenters. The second-order valence-corrected chi connectivity index (χ2v) is 10.2. The van der Waals surface area contributed by atoms with E-state index in [0.29, 0.717) is 48.8 Å². The van der Waals surface area contributed by atoms with Crippen LogP contribution in [0, 0.1) is 6.92 Å². The highest BCUT2D eigenvalue weighted by molar-refractivity contribution is 5.89. The van der Waals surface area contributed by atoms with Gasteiger partial charge in [-0.05, 0) is 59.4 Å². The minimum Gasteiger partial charge on any atom is -0.467 e. The Labute approximate surface area is 210 Å². The quantitative estimate of drug-likeness (QED) is 0.515. The van der Waals surface area contributed by atoms with Gasteiger partial charge in [-0.25, -0.2) is 19.6 Å². The fourth-order valence-corrected chi connectivity index (χ4v) is 4.60. The van der Waals surface area contributed by atoms with Crippen LogP contribution in [0.1, 0.15) is 63.9 Å². The van der Waals surface area contributed by atoms with Gasteiger partial charge in [0.15, 0.2) is 11.4 Å². The molecule has 11 heteroatoms. The van der Waals surface area contributed by atoms with Gasteiger partial charge < -0.3 is 24.1 Å². The maximum absolute atomic E-state index is 12.5. The second-order valence-electron chi connectivity index (χ2n) is 10.2. The Kier molecular flexibility index (Phi) is 6.78. The molecule has 3 aromatic rings. The molecule has 0 atom stereocenters. The molecule has 0 spiro atoms. The SMILES string of the molecule is COC(=O)C1(OC)CCC(c2nc(Nc3cc(C)n(C(=O)OC(C)(C)C)n3)c3ccn(C)c3n2)CC1. The van der Waals surface area contributed by atoms with E-state index in [2.05, 4.69) is 10.4 Å². The maximum Gasteiger partial charge on any atom is 0.435 e. The van der Waals surface area contributed by atoms with Gasteiger partial charge in [0.1, 0.15) is 22.9 Å². The van der Waals surface area contributed by atoms with Gasteiger partial charge in [-0.3, -0.25) is 0 Å². The third-order valence-electron chi connectivity index (χ3n) is 6.55. The van der Waals surface area contributed by atoms with Crippen LogP contribution in [0.2, 0.25) is 0 Å². The number of aromatic nitrogens is 5. The highest BCUT2D eigenvalue weighted by Gasteiger charge is 2.44. The van der Waals surface area contributed by atoms with Crippen molar-refractivity contribution in [2.45, 2.75) is 70.5 Å². The van der Waals surface area contributed by atoms with Crippen molar-refractivity contribution in [1.29, 1.82) is 0 Å². The van der Waals surface area contributed by atoms with Crippen molar-refractivity contribution in [2.75, 3.05) is 19.5 Å². The zero-order valence-electron chi connectivity index (χ0n) is 21.9. The molecule has 194 valence electrons. The number of hydrogen-bond donors (Lipinski definition) is 1. The van der Waals surface area contributed by atoms with Crippen molar-refractivity contribution >= 4 is 34.7 Å². The molecular formula is C25H34N6O5. The minimum absolute atomic E-state index is 0.0545. The van der Waals surface area contributed by atoms with E-state index < -0.39 is 17.3 Å². The number of aryl methyl sites for hydroxylation is 2. The number of rotatable bonds is 5. The molecule has 0 aliphatic heterocycles. The van der Waals surface area contributed by atoms with E-state index in [1.165, 1.54) is 11.8 Å². The largest absolute Gasteiger partial charge is 0.467 e. The molecule has 0 radical (unpaired) electrons. The first-order valence-corrected chi connectivity index (χ1v) is 12.0. The third kappa shape index (κ3) is 4.92. The number of fused-ring (bicyclic) bond motifs is 1. The normalized spacial score (nSPS) is 20.4. The van der Waals surface area contributed by atoms with Crippen molar-refractivity contribution in [2.24, 2.45) is 7.05 Å². The molecule has 1 N–H and O–H groups in total. The first kappa shape index (κ1) is 25.6. The van der Waals surface area contributed by atoms with Crippen molar-refractivity contribution in [3.05, 3.63) is 29.8 Å². The average Bonchev–Trinajstić information content (AvgIpc) is 3.39. The summed E-state index contributed by atoms with van der Waals surface area (Å²) >= 11 is 0. The molecule has 11 nitrogen and oxygen atoms in total. The van der Waals surface area contributed by atoms with Gasteiger partial charge in [-0.15, -0.1) is 5.10 Å². The summed E-state index contributed by atoms with van der Waals surface area (Å²) in [6, 6.07) is 3.71. The molecule has 1 aliphatic rings. The Morgan fingerprint density at radius 1 is 1.17 bits per heavy atom. The van der Waals surface area contributed by atoms with Crippen LogP contribution < -0.4 is 5.32 Å². The van der Waals surface area contributed by atoms with Gasteiger partial charge >= 0.3 is 12.1 Å². The molecular weight excluding hydrogens is 464 g/mol. The molecule has 3 aromatic heterocycles. The van der Waals surface area contributed by atoms with Crippen molar-refractivity contribution in [1.82, 2.24) is 24.3 Å². The Morgan fingerprint density at radius 3 is 2.47 bits per heavy atom. The molecule has 0 aromatic carbocycles. The maximum atomic E-state index is 12.5. The molecule has 0 bridgehead atoms. The topological polar surface area (TPSA) is 122 Å². The number of hydrogen-bond acceptors (Lipinski definition) is 9. The summed E-state index contributed by atoms with van der Waals surface area (Å²) in [5.41, 5.74) is -0.138. The van der Waals surface area contributed by atoms with Crippen LogP contribution in [0.15, 0.2) is 18.3 Å². The second kappa shape index (κ2) is 9.53. The van der Waals surface area contributed by atoms with Gasteiger partial charge in [0.05, 0.1) is 12.5 Å². The van der Waals surface area contributed by atoms with E-state index in [0.717, 1.165) is 11.0 Å². The Hall–Kier alpha value is -3.47. The van der Waals surface area contributed by atoms with Crippen LogP contribution >= 0.6 is 0 Å². The number of carbonyl (C=O) groups excluding carboxylic acids is 2. The molecule has 1 aliphatic carbocycles. The Morgan fingerprint density at radius 2 is 1.86 bits per heavy atom. The van der Waals surface area contributed by atoms with E-state index in [4.69, 9.17) is 24.2 Å². The van der Waals surface area contributed by atoms with Crippen LogP contribution in [0.4, 0.5) is 16.4 Å². The summed E-state index contributed by atoms with van der Waals surface area (Å²) in [5.74, 6) is 1.46. The summed E-state index contributed by atoms with van der Waals surface area (Å²) in [6.07, 6.45) is 3.80. The standard InChI is InChI=1S/C25H34N6O5/c1-15-14-18(29-31(15)23(33)36-24(2,3)4)26-20-17-10-13-30(5)21(17)28-19(27-20)16-8-11-25(35-7,12-9-16)22(32)34-6/h10,13-14,16H,8-9,11-12H2,1-7H3,(H,26,27,28,29). The number of nitrogens with zero attached hydrogens (tertiary/aromatic N) is 5. The zero-order chi connectivity index (χ0) is 26.3. The first-order chi connectivity index (χ1) is 17.0. The highest BCUT2D eigenvalue weighted by atomic mass is 16.6. The average molecular weight is 499 g/mol. The number of nitrogens with one attached hydrogen (secondary N) is 1. The lowest BCUT2D eigenvalue weighted by molar-refractivity contribution is -0.170. The number of carbonyl (C=O) groups is 2. The van der Waals surface area contributed by atoms with Gasteiger partial charge in [-0.2, -0.15) is 4.68 Å². The molecule has 0 amide bonds. The summed E-state index contributed by atoms with van der Waals surface area (Å²) in [4.78, 5) is 34.6. The fraction of sp³-hybridized carbons (Fsp3) is 0.560. The van der Waals surface area contributed by atoms with E-state index in [-0.39, 0.29) is 11.9 Å². The molecule has 1 fully saturated rings. The summed E-state index contributed by atoms with van der Waals surface area (Å²) < 4.78 is 19.2. The van der Waals surface area contributed by atoms with Crippen LogP contribution in [-0.4, -0.2) is 61.8 Å². The van der Waals surface area contributed by atoms with E-state index >= 15 is 0 Å². The van der Waals surface area contributed by atoms with Gasteiger partial charge in [0.25, 0.3) is 0 Å². The number of esters is 1. The Bertz CT molecular complexity index is 1280. The summed E-state index contributed by atoms with van der Waals surface area (Å²) in [5, 5.41) is 8.51. The van der Waals surface area contributed by atoms with E-state index in [9.17, 15) is 9.59 Å². The van der Waals surface area contributed by atoms with Crippen molar-refractivity contribution in [3.8, 4) is 0 Å². The van der Waals surface area contributed by atoms with E-state index in [1.807, 2.05) is 44.6 Å².